The molecule has 1 aromatic carbocycles. The second kappa shape index (κ2) is 6.97. The van der Waals surface area contributed by atoms with Gasteiger partial charge in [0.15, 0.2) is 0 Å². The summed E-state index contributed by atoms with van der Waals surface area (Å²) in [5, 5.41) is 3.37. The van der Waals surface area contributed by atoms with Crippen molar-refractivity contribution in [2.75, 3.05) is 26.7 Å². The van der Waals surface area contributed by atoms with E-state index in [0.717, 1.165) is 44.5 Å². The molecule has 1 fully saturated rings. The summed E-state index contributed by atoms with van der Waals surface area (Å²) in [6, 6.07) is 3.52. The summed E-state index contributed by atoms with van der Waals surface area (Å²) in [7, 11) is 1.40. The normalized spacial score (nSPS) is 22.7. The molecule has 23 heavy (non-hydrogen) atoms. The third kappa shape index (κ3) is 3.56. The van der Waals surface area contributed by atoms with Gasteiger partial charge in [0.05, 0.1) is 7.11 Å². The summed E-state index contributed by atoms with van der Waals surface area (Å²) < 4.78 is 19.4. The molecule has 0 radical (unpaired) electrons. The fraction of sp³-hybridized carbons (Fsp3) is 0.611. The first-order valence-electron chi connectivity index (χ1n) is 8.44. The molecule has 3 rings (SSSR count). The lowest BCUT2D eigenvalue weighted by atomic mass is 9.98. The van der Waals surface area contributed by atoms with Crippen LogP contribution in [0.5, 0.6) is 0 Å². The lowest BCUT2D eigenvalue weighted by molar-refractivity contribution is -0.147. The zero-order chi connectivity index (χ0) is 16.4. The van der Waals surface area contributed by atoms with Gasteiger partial charge in [0.25, 0.3) is 0 Å². The Morgan fingerprint density at radius 3 is 2.87 bits per heavy atom. The number of aryl methyl sites for hydroxylation is 2. The van der Waals surface area contributed by atoms with Gasteiger partial charge in [0, 0.05) is 32.1 Å². The lowest BCUT2D eigenvalue weighted by Crippen LogP contribution is -2.55. The van der Waals surface area contributed by atoms with Crippen LogP contribution in [0.4, 0.5) is 4.39 Å². The maximum Gasteiger partial charge on any atom is 0.323 e. The minimum absolute atomic E-state index is 0.192. The van der Waals surface area contributed by atoms with Crippen LogP contribution < -0.4 is 5.32 Å². The Hall–Kier alpha value is -1.46. The topological polar surface area (TPSA) is 41.6 Å². The van der Waals surface area contributed by atoms with Crippen LogP contribution in [0.25, 0.3) is 0 Å². The maximum absolute atomic E-state index is 14.4. The van der Waals surface area contributed by atoms with Gasteiger partial charge in [0.2, 0.25) is 0 Å². The highest BCUT2D eigenvalue weighted by Gasteiger charge is 2.31. The standard InChI is InChI=1S/C18H25FN2O2/c1-12-11-21(7-6-20-12)17(18(22)23-2)10-15-8-13-4-3-5-14(13)9-16(15)19/h8-9,12,17,20H,3-7,10-11H2,1-2H3/t12-,17-/m0/s1. The van der Waals surface area contributed by atoms with Crippen LogP contribution in [0.2, 0.25) is 0 Å². The van der Waals surface area contributed by atoms with Gasteiger partial charge < -0.3 is 10.1 Å². The summed E-state index contributed by atoms with van der Waals surface area (Å²) >= 11 is 0. The SMILES string of the molecule is COC(=O)[C@H](Cc1cc2c(cc1F)CCC2)N1CCN[C@@H](C)C1. The molecular formula is C18H25FN2O2. The average molecular weight is 320 g/mol. The van der Waals surface area contributed by atoms with Gasteiger partial charge in [-0.25, -0.2) is 4.39 Å². The Morgan fingerprint density at radius 2 is 2.17 bits per heavy atom. The molecule has 126 valence electrons. The summed E-state index contributed by atoms with van der Waals surface area (Å²) in [5.41, 5.74) is 2.99. The highest BCUT2D eigenvalue weighted by Crippen LogP contribution is 2.26. The highest BCUT2D eigenvalue weighted by atomic mass is 19.1. The Labute approximate surface area is 137 Å². The van der Waals surface area contributed by atoms with Crippen LogP contribution in [0, 0.1) is 5.82 Å². The first kappa shape index (κ1) is 16.4. The van der Waals surface area contributed by atoms with Gasteiger partial charge in [-0.05, 0) is 48.9 Å². The number of halogens is 1. The van der Waals surface area contributed by atoms with Gasteiger partial charge >= 0.3 is 5.97 Å². The van der Waals surface area contributed by atoms with E-state index < -0.39 is 6.04 Å². The fourth-order valence-corrected chi connectivity index (χ4v) is 3.75. The van der Waals surface area contributed by atoms with E-state index in [4.69, 9.17) is 4.74 Å². The van der Waals surface area contributed by atoms with E-state index in [1.807, 2.05) is 6.07 Å². The summed E-state index contributed by atoms with van der Waals surface area (Å²) in [4.78, 5) is 14.4. The quantitative estimate of drug-likeness (QED) is 0.857. The molecule has 2 aliphatic rings. The number of piperazine rings is 1. The average Bonchev–Trinajstić information content (AvgIpc) is 2.98. The van der Waals surface area contributed by atoms with Crippen molar-refractivity contribution < 1.29 is 13.9 Å². The summed E-state index contributed by atoms with van der Waals surface area (Å²) in [6.45, 7) is 4.47. The molecule has 1 aliphatic carbocycles. The third-order valence-electron chi connectivity index (χ3n) is 4.99. The van der Waals surface area contributed by atoms with Crippen molar-refractivity contribution in [2.45, 2.75) is 44.7 Å². The molecule has 2 atom stereocenters. The van der Waals surface area contributed by atoms with Crippen molar-refractivity contribution in [1.82, 2.24) is 10.2 Å². The first-order valence-corrected chi connectivity index (χ1v) is 8.44. The zero-order valence-electron chi connectivity index (χ0n) is 13.9. The van der Waals surface area contributed by atoms with Gasteiger partial charge in [-0.2, -0.15) is 0 Å². The largest absolute Gasteiger partial charge is 0.468 e. The molecule has 5 heteroatoms. The number of carbonyl (C=O) groups excluding carboxylic acids is 1. The van der Waals surface area contributed by atoms with Crippen molar-refractivity contribution in [2.24, 2.45) is 0 Å². The molecule has 0 spiro atoms. The first-order chi connectivity index (χ1) is 11.1. The maximum atomic E-state index is 14.4. The number of ether oxygens (including phenoxy) is 1. The van der Waals surface area contributed by atoms with Crippen molar-refractivity contribution in [3.63, 3.8) is 0 Å². The predicted molar refractivity (Wildman–Crippen MR) is 87.0 cm³/mol. The van der Waals surface area contributed by atoms with Crippen LogP contribution >= 0.6 is 0 Å². The Morgan fingerprint density at radius 1 is 1.43 bits per heavy atom. The Balaban J connectivity index is 1.82. The van der Waals surface area contributed by atoms with E-state index in [0.29, 0.717) is 18.0 Å². The number of hydrogen-bond donors (Lipinski definition) is 1. The molecule has 0 amide bonds. The highest BCUT2D eigenvalue weighted by molar-refractivity contribution is 5.76. The molecule has 1 heterocycles. The van der Waals surface area contributed by atoms with Crippen LogP contribution in [0.15, 0.2) is 12.1 Å². The lowest BCUT2D eigenvalue weighted by Gasteiger charge is -2.36. The molecule has 1 saturated heterocycles. The van der Waals surface area contributed by atoms with Gasteiger partial charge in [0.1, 0.15) is 11.9 Å². The molecule has 0 aromatic heterocycles. The molecule has 1 aliphatic heterocycles. The van der Waals surface area contributed by atoms with E-state index in [1.165, 1.54) is 12.7 Å². The van der Waals surface area contributed by atoms with E-state index in [9.17, 15) is 9.18 Å². The number of hydrogen-bond acceptors (Lipinski definition) is 4. The Kier molecular flexibility index (Phi) is 4.97. The molecular weight excluding hydrogens is 295 g/mol. The number of carbonyl (C=O) groups is 1. The minimum atomic E-state index is -0.418. The Bertz CT molecular complexity index is 591. The summed E-state index contributed by atoms with van der Waals surface area (Å²) in [5.74, 6) is -0.471. The second-order valence-corrected chi connectivity index (χ2v) is 6.66. The van der Waals surface area contributed by atoms with Crippen LogP contribution in [0.3, 0.4) is 0 Å². The monoisotopic (exact) mass is 320 g/mol. The number of esters is 1. The van der Waals surface area contributed by atoms with E-state index in [1.54, 1.807) is 6.07 Å². The van der Waals surface area contributed by atoms with Crippen LogP contribution in [-0.4, -0.2) is 49.7 Å². The fourth-order valence-electron chi connectivity index (χ4n) is 3.75. The van der Waals surface area contributed by atoms with Gasteiger partial charge in [-0.1, -0.05) is 6.07 Å². The number of nitrogens with one attached hydrogen (secondary N) is 1. The van der Waals surface area contributed by atoms with E-state index in [2.05, 4.69) is 17.1 Å². The molecule has 1 aromatic rings. The molecule has 1 N–H and O–H groups in total. The van der Waals surface area contributed by atoms with Crippen molar-refractivity contribution in [3.8, 4) is 0 Å². The zero-order valence-corrected chi connectivity index (χ0v) is 13.9. The number of methoxy groups -OCH3 is 1. The predicted octanol–water partition coefficient (Wildman–Crippen LogP) is 1.69. The smallest absolute Gasteiger partial charge is 0.323 e. The molecule has 0 bridgehead atoms. The number of rotatable bonds is 4. The number of fused-ring (bicyclic) bond motifs is 1. The molecule has 0 saturated carbocycles. The van der Waals surface area contributed by atoms with Crippen molar-refractivity contribution in [1.29, 1.82) is 0 Å². The van der Waals surface area contributed by atoms with E-state index in [-0.39, 0.29) is 11.8 Å². The number of benzene rings is 1. The van der Waals surface area contributed by atoms with Crippen molar-refractivity contribution >= 4 is 5.97 Å². The third-order valence-corrected chi connectivity index (χ3v) is 4.99. The van der Waals surface area contributed by atoms with Crippen LogP contribution in [0.1, 0.15) is 30.0 Å². The van der Waals surface area contributed by atoms with Crippen molar-refractivity contribution in [3.05, 3.63) is 34.6 Å². The molecule has 0 unspecified atom stereocenters. The second-order valence-electron chi connectivity index (χ2n) is 6.66. The number of nitrogens with zero attached hydrogens (tertiary/aromatic N) is 1. The van der Waals surface area contributed by atoms with Gasteiger partial charge in [-0.15, -0.1) is 0 Å². The van der Waals surface area contributed by atoms with Crippen LogP contribution in [-0.2, 0) is 28.8 Å². The van der Waals surface area contributed by atoms with Gasteiger partial charge in [-0.3, -0.25) is 9.69 Å². The minimum Gasteiger partial charge on any atom is -0.468 e. The summed E-state index contributed by atoms with van der Waals surface area (Å²) in [6.07, 6.45) is 3.44. The molecule has 4 nitrogen and oxygen atoms in total. The van der Waals surface area contributed by atoms with E-state index >= 15 is 0 Å².